The van der Waals surface area contributed by atoms with Gasteiger partial charge in [0, 0.05) is 0 Å². The van der Waals surface area contributed by atoms with Gasteiger partial charge in [-0.3, -0.25) is 0 Å². The number of rotatable bonds is 2. The third-order valence-electron chi connectivity index (χ3n) is 0.877. The van der Waals surface area contributed by atoms with Crippen LogP contribution in [0.2, 0.25) is 0 Å². The molecular weight excluding hydrogens is 163 g/mol. The van der Waals surface area contributed by atoms with E-state index >= 15 is 0 Å². The zero-order chi connectivity index (χ0) is 6.57. The van der Waals surface area contributed by atoms with Gasteiger partial charge in [-0.2, -0.15) is 0 Å². The van der Waals surface area contributed by atoms with E-state index in [-0.39, 0.29) is 37.1 Å². The summed E-state index contributed by atoms with van der Waals surface area (Å²) in [4.78, 5) is 0. The van der Waals surface area contributed by atoms with E-state index in [9.17, 15) is 0 Å². The molecule has 0 fully saturated rings. The Morgan fingerprint density at radius 3 is 2.44 bits per heavy atom. The summed E-state index contributed by atoms with van der Waals surface area (Å²) in [6.45, 7) is 4.00. The van der Waals surface area contributed by atoms with Crippen molar-refractivity contribution in [2.75, 3.05) is 0 Å². The Morgan fingerprint density at radius 1 is 1.89 bits per heavy atom. The minimum Gasteiger partial charge on any atom is -1.00 e. The topological polar surface area (TPSA) is 9.23 Å². The van der Waals surface area contributed by atoms with Crippen LogP contribution in [0.3, 0.4) is 0 Å². The van der Waals surface area contributed by atoms with Gasteiger partial charge in [0.1, 0.15) is 0 Å². The number of hydrogen-bond donors (Lipinski definition) is 1. The molecule has 0 aromatic heterocycles. The second-order valence-corrected chi connectivity index (χ2v) is 2.68. The smallest absolute Gasteiger partial charge is 1.00 e. The molecule has 0 saturated carbocycles. The van der Waals surface area contributed by atoms with E-state index in [4.69, 9.17) is 4.74 Å². The molecule has 0 radical (unpaired) electrons. The molecular formula is C5H11NaOS2. The molecule has 0 aromatic rings. The van der Waals surface area contributed by atoms with Crippen molar-refractivity contribution in [3.63, 3.8) is 0 Å². The van der Waals surface area contributed by atoms with Crippen LogP contribution in [-0.2, 0) is 4.74 Å². The molecule has 50 valence electrons. The number of ether oxygens (including phenoxy) is 1. The minimum atomic E-state index is 0. The first-order chi connectivity index (χ1) is 3.66. The van der Waals surface area contributed by atoms with Crippen LogP contribution < -0.4 is 29.6 Å². The molecule has 0 aliphatic rings. The minimum absolute atomic E-state index is 0. The van der Waals surface area contributed by atoms with E-state index < -0.39 is 0 Å². The van der Waals surface area contributed by atoms with Gasteiger partial charge in [0.25, 0.3) is 0 Å². The van der Waals surface area contributed by atoms with Crippen LogP contribution >= 0.6 is 24.8 Å². The molecule has 0 spiro atoms. The third kappa shape index (κ3) is 9.24. The van der Waals surface area contributed by atoms with Gasteiger partial charge in [-0.15, -0.1) is 0 Å². The van der Waals surface area contributed by atoms with E-state index in [1.807, 2.05) is 13.8 Å². The number of thiocarbonyl (C=S) groups is 1. The monoisotopic (exact) mass is 174 g/mol. The van der Waals surface area contributed by atoms with Gasteiger partial charge < -0.3 is 6.16 Å². The summed E-state index contributed by atoms with van der Waals surface area (Å²) >= 11 is 8.38. The quantitative estimate of drug-likeness (QED) is 0.331. The van der Waals surface area contributed by atoms with Crippen molar-refractivity contribution in [2.45, 2.75) is 26.4 Å². The molecule has 0 aromatic carbocycles. The van der Waals surface area contributed by atoms with Crippen molar-refractivity contribution in [1.29, 1.82) is 0 Å². The van der Waals surface area contributed by atoms with E-state index in [0.717, 1.165) is 6.42 Å². The summed E-state index contributed by atoms with van der Waals surface area (Å²) in [6, 6.07) is 0. The van der Waals surface area contributed by atoms with Crippen molar-refractivity contribution < 1.29 is 35.7 Å². The van der Waals surface area contributed by atoms with E-state index in [0.29, 0.717) is 4.38 Å². The maximum absolute atomic E-state index is 4.99. The maximum atomic E-state index is 4.99. The van der Waals surface area contributed by atoms with Gasteiger partial charge >= 0.3 is 29.6 Å². The molecule has 0 bridgehead atoms. The normalized spacial score (nSPS) is 11.4. The summed E-state index contributed by atoms with van der Waals surface area (Å²) in [5.41, 5.74) is 0. The Labute approximate surface area is 90.7 Å². The largest absolute Gasteiger partial charge is 1.00 e. The average molecular weight is 174 g/mol. The second-order valence-electron chi connectivity index (χ2n) is 1.60. The van der Waals surface area contributed by atoms with E-state index in [2.05, 4.69) is 24.8 Å². The summed E-state index contributed by atoms with van der Waals surface area (Å²) in [5.74, 6) is 0. The second kappa shape index (κ2) is 7.35. The fourth-order valence-corrected chi connectivity index (χ4v) is 0.600. The molecule has 0 amide bonds. The van der Waals surface area contributed by atoms with Crippen LogP contribution in [0.25, 0.3) is 0 Å². The summed E-state index contributed by atoms with van der Waals surface area (Å²) in [6.07, 6.45) is 1.18. The molecule has 0 aliphatic carbocycles. The Bertz CT molecular complexity index is 91.7. The zero-order valence-corrected chi connectivity index (χ0v) is 9.76. The first-order valence-corrected chi connectivity index (χ1v) is 3.42. The summed E-state index contributed by atoms with van der Waals surface area (Å²) < 4.78 is 5.33. The van der Waals surface area contributed by atoms with Crippen LogP contribution in [0.1, 0.15) is 21.7 Å². The molecule has 9 heavy (non-hydrogen) atoms. The van der Waals surface area contributed by atoms with Crippen LogP contribution in [0.15, 0.2) is 0 Å². The fourth-order valence-electron chi connectivity index (χ4n) is 0.255. The van der Waals surface area contributed by atoms with Crippen molar-refractivity contribution in [2.24, 2.45) is 0 Å². The van der Waals surface area contributed by atoms with Gasteiger partial charge in [0.05, 0.1) is 6.10 Å². The molecule has 0 aliphatic heterocycles. The maximum Gasteiger partial charge on any atom is 1.00 e. The van der Waals surface area contributed by atoms with Crippen LogP contribution in [0, 0.1) is 0 Å². The standard InChI is InChI=1S/C5H10OS2.Na.H/c1-3-4(2)6-5(7)8;;/h4H,3H2,1-2H3,(H,7,8);;/q;+1;-1. The van der Waals surface area contributed by atoms with E-state index in [1.54, 1.807) is 0 Å². The zero-order valence-electron chi connectivity index (χ0n) is 7.05. The van der Waals surface area contributed by atoms with Crippen molar-refractivity contribution in [3.8, 4) is 0 Å². The van der Waals surface area contributed by atoms with Gasteiger partial charge in [0.2, 0.25) is 4.38 Å². The number of hydrogen-bond acceptors (Lipinski definition) is 2. The molecule has 1 unspecified atom stereocenters. The first kappa shape index (κ1) is 12.9. The van der Waals surface area contributed by atoms with Crippen LogP contribution in [0.5, 0.6) is 0 Å². The van der Waals surface area contributed by atoms with Crippen molar-refractivity contribution in [1.82, 2.24) is 0 Å². The van der Waals surface area contributed by atoms with Gasteiger partial charge in [-0.25, -0.2) is 0 Å². The summed E-state index contributed by atoms with van der Waals surface area (Å²) in [5, 5.41) is 0. The molecule has 0 N–H and O–H groups in total. The number of thiol groups is 1. The Balaban J connectivity index is -0.000000245. The predicted octanol–water partition coefficient (Wildman–Crippen LogP) is -0.867. The fraction of sp³-hybridized carbons (Fsp3) is 0.800. The molecule has 0 saturated heterocycles. The Hall–Kier alpha value is 1.24. The van der Waals surface area contributed by atoms with Crippen molar-refractivity contribution in [3.05, 3.63) is 0 Å². The Morgan fingerprint density at radius 2 is 2.33 bits per heavy atom. The summed E-state index contributed by atoms with van der Waals surface area (Å²) in [7, 11) is 0. The molecule has 1 atom stereocenters. The van der Waals surface area contributed by atoms with Crippen molar-refractivity contribution >= 4 is 29.2 Å². The predicted molar refractivity (Wildman–Crippen MR) is 43.5 cm³/mol. The third-order valence-corrected chi connectivity index (χ3v) is 1.08. The van der Waals surface area contributed by atoms with Crippen LogP contribution in [0.4, 0.5) is 0 Å². The molecule has 1 nitrogen and oxygen atoms in total. The molecule has 0 rings (SSSR count). The van der Waals surface area contributed by atoms with Gasteiger partial charge in [-0.1, -0.05) is 19.6 Å². The van der Waals surface area contributed by atoms with Gasteiger partial charge in [0.15, 0.2) is 0 Å². The van der Waals surface area contributed by atoms with Gasteiger partial charge in [-0.05, 0) is 25.6 Å². The Kier molecular flexibility index (Phi) is 10.5. The van der Waals surface area contributed by atoms with E-state index in [1.165, 1.54) is 0 Å². The van der Waals surface area contributed by atoms with Crippen LogP contribution in [-0.4, -0.2) is 10.5 Å². The SMILES string of the molecule is CCC(C)OC(=S)S.[H-].[Na+]. The molecule has 0 heterocycles. The first-order valence-electron chi connectivity index (χ1n) is 2.56. The molecule has 4 heteroatoms. The average Bonchev–Trinajstić information content (AvgIpc) is 1.65.